The molecule has 22 heavy (non-hydrogen) atoms. The summed E-state index contributed by atoms with van der Waals surface area (Å²) in [5.74, 6) is 0.280. The van der Waals surface area contributed by atoms with E-state index in [0.29, 0.717) is 12.5 Å². The van der Waals surface area contributed by atoms with Crippen LogP contribution in [0.4, 0.5) is 0 Å². The van der Waals surface area contributed by atoms with E-state index in [1.807, 2.05) is 20.1 Å². The fraction of sp³-hybridized carbons (Fsp3) is 0.706. The first kappa shape index (κ1) is 17.3. The van der Waals surface area contributed by atoms with Crippen molar-refractivity contribution >= 4 is 17.7 Å². The minimum atomic E-state index is 0.280. The number of aromatic nitrogens is 2. The smallest absolute Gasteiger partial charge is 0.223 e. The Morgan fingerprint density at radius 2 is 1.82 bits per heavy atom. The minimum Gasteiger partial charge on any atom is -0.340 e. The van der Waals surface area contributed by atoms with E-state index in [2.05, 4.69) is 21.8 Å². The highest BCUT2D eigenvalue weighted by atomic mass is 32.2. The van der Waals surface area contributed by atoms with Gasteiger partial charge in [-0.1, -0.05) is 24.6 Å². The summed E-state index contributed by atoms with van der Waals surface area (Å²) in [5, 5.41) is 0.811. The van der Waals surface area contributed by atoms with Crippen molar-refractivity contribution < 1.29 is 4.79 Å². The lowest BCUT2D eigenvalue weighted by atomic mass is 10.1. The number of aryl methyl sites for hydroxylation is 2. The summed E-state index contributed by atoms with van der Waals surface area (Å²) >= 11 is 1.56. The van der Waals surface area contributed by atoms with Gasteiger partial charge in [0.05, 0.1) is 0 Å². The topological polar surface area (TPSA) is 46.1 Å². The Bertz CT molecular complexity index is 504. The molecule has 4 nitrogen and oxygen atoms in total. The second-order valence-corrected chi connectivity index (χ2v) is 6.75. The summed E-state index contributed by atoms with van der Waals surface area (Å²) in [5.41, 5.74) is 3.15. The Hall–Kier alpha value is -1.10. The molecule has 1 aliphatic carbocycles. The third-order valence-corrected chi connectivity index (χ3v) is 5.15. The Morgan fingerprint density at radius 1 is 1.23 bits per heavy atom. The molecule has 0 N–H and O–H groups in total. The maximum atomic E-state index is 12.6. The number of rotatable bonds is 6. The van der Waals surface area contributed by atoms with Gasteiger partial charge < -0.3 is 4.90 Å². The molecule has 1 aromatic rings. The lowest BCUT2D eigenvalue weighted by Crippen LogP contribution is -2.38. The van der Waals surface area contributed by atoms with Crippen LogP contribution in [0.2, 0.25) is 0 Å². The standard InChI is InChI=1S/C17H27N3OS/c1-5-20(14-8-6-7-9-14)16(21)11-10-15-12(2)18-17(22-4)19-13(15)3/h14H,5-11H2,1-4H3. The molecule has 0 unspecified atom stereocenters. The highest BCUT2D eigenvalue weighted by Gasteiger charge is 2.25. The Morgan fingerprint density at radius 3 is 2.32 bits per heavy atom. The van der Waals surface area contributed by atoms with E-state index in [-0.39, 0.29) is 5.91 Å². The first-order valence-electron chi connectivity index (χ1n) is 8.24. The molecule has 0 atom stereocenters. The first-order chi connectivity index (χ1) is 10.6. The van der Waals surface area contributed by atoms with Gasteiger partial charge in [-0.3, -0.25) is 4.79 Å². The average Bonchev–Trinajstić information content (AvgIpc) is 3.01. The van der Waals surface area contributed by atoms with Crippen molar-refractivity contribution in [2.45, 2.75) is 70.5 Å². The molecule has 0 spiro atoms. The third-order valence-electron chi connectivity index (χ3n) is 4.60. The van der Waals surface area contributed by atoms with Crippen LogP contribution in [0.1, 0.15) is 56.0 Å². The second-order valence-electron chi connectivity index (χ2n) is 5.98. The lowest BCUT2D eigenvalue weighted by molar-refractivity contribution is -0.133. The fourth-order valence-electron chi connectivity index (χ4n) is 3.39. The van der Waals surface area contributed by atoms with Gasteiger partial charge in [0.25, 0.3) is 0 Å². The van der Waals surface area contributed by atoms with E-state index < -0.39 is 0 Å². The van der Waals surface area contributed by atoms with Crippen molar-refractivity contribution in [2.75, 3.05) is 12.8 Å². The van der Waals surface area contributed by atoms with Crippen LogP contribution >= 0.6 is 11.8 Å². The molecular formula is C17H27N3OS. The quantitative estimate of drug-likeness (QED) is 0.594. The fourth-order valence-corrected chi connectivity index (χ4v) is 3.85. The Balaban J connectivity index is 2.01. The third kappa shape index (κ3) is 4.00. The SMILES string of the molecule is CCN(C(=O)CCc1c(C)nc(SC)nc1C)C1CCCC1. The van der Waals surface area contributed by atoms with Gasteiger partial charge in [-0.2, -0.15) is 0 Å². The van der Waals surface area contributed by atoms with Crippen molar-refractivity contribution in [1.29, 1.82) is 0 Å². The van der Waals surface area contributed by atoms with Crippen LogP contribution in [0.15, 0.2) is 5.16 Å². The lowest BCUT2D eigenvalue weighted by Gasteiger charge is -2.28. The number of carbonyl (C=O) groups excluding carboxylic acids is 1. The zero-order chi connectivity index (χ0) is 16.1. The molecule has 1 fully saturated rings. The van der Waals surface area contributed by atoms with Gasteiger partial charge in [-0.25, -0.2) is 9.97 Å². The van der Waals surface area contributed by atoms with E-state index in [9.17, 15) is 4.79 Å². The number of carbonyl (C=O) groups is 1. The normalized spacial score (nSPS) is 15.3. The van der Waals surface area contributed by atoms with Crippen LogP contribution in [-0.4, -0.2) is 39.6 Å². The monoisotopic (exact) mass is 321 g/mol. The predicted octanol–water partition coefficient (Wildman–Crippen LogP) is 3.54. The maximum absolute atomic E-state index is 12.6. The van der Waals surface area contributed by atoms with Crippen LogP contribution in [-0.2, 0) is 11.2 Å². The number of nitrogens with zero attached hydrogens (tertiary/aromatic N) is 3. The molecule has 1 aromatic heterocycles. The first-order valence-corrected chi connectivity index (χ1v) is 9.46. The summed E-state index contributed by atoms with van der Waals surface area (Å²) in [6, 6.07) is 0.467. The van der Waals surface area contributed by atoms with Crippen LogP contribution < -0.4 is 0 Å². The molecule has 122 valence electrons. The van der Waals surface area contributed by atoms with Gasteiger partial charge in [-0.15, -0.1) is 0 Å². The van der Waals surface area contributed by atoms with E-state index >= 15 is 0 Å². The molecule has 1 saturated carbocycles. The molecule has 0 radical (unpaired) electrons. The summed E-state index contributed by atoms with van der Waals surface area (Å²) < 4.78 is 0. The highest BCUT2D eigenvalue weighted by Crippen LogP contribution is 2.24. The molecule has 0 saturated heterocycles. The molecular weight excluding hydrogens is 294 g/mol. The molecule has 0 aromatic carbocycles. The van der Waals surface area contributed by atoms with Gasteiger partial charge in [0.15, 0.2) is 5.16 Å². The summed E-state index contributed by atoms with van der Waals surface area (Å²) in [6.45, 7) is 6.94. The summed E-state index contributed by atoms with van der Waals surface area (Å²) in [4.78, 5) is 23.6. The van der Waals surface area contributed by atoms with Crippen LogP contribution in [0.5, 0.6) is 0 Å². The van der Waals surface area contributed by atoms with Crippen molar-refractivity contribution in [3.8, 4) is 0 Å². The number of thioether (sulfide) groups is 1. The molecule has 1 amide bonds. The van der Waals surface area contributed by atoms with Gasteiger partial charge in [0.1, 0.15) is 0 Å². The summed E-state index contributed by atoms with van der Waals surface area (Å²) in [6.07, 6.45) is 8.15. The van der Waals surface area contributed by atoms with Crippen LogP contribution in [0.25, 0.3) is 0 Å². The Labute approximate surface area is 138 Å². The van der Waals surface area contributed by atoms with E-state index in [0.717, 1.165) is 35.1 Å². The maximum Gasteiger partial charge on any atom is 0.223 e. The molecule has 0 aliphatic heterocycles. The number of hydrogen-bond acceptors (Lipinski definition) is 4. The van der Waals surface area contributed by atoms with Crippen LogP contribution in [0, 0.1) is 13.8 Å². The van der Waals surface area contributed by atoms with Crippen molar-refractivity contribution in [3.05, 3.63) is 17.0 Å². The molecule has 1 aliphatic rings. The van der Waals surface area contributed by atoms with Crippen LogP contribution in [0.3, 0.4) is 0 Å². The van der Waals surface area contributed by atoms with Crippen molar-refractivity contribution in [3.63, 3.8) is 0 Å². The van der Waals surface area contributed by atoms with Gasteiger partial charge in [-0.05, 0) is 51.9 Å². The van der Waals surface area contributed by atoms with E-state index in [1.54, 1.807) is 11.8 Å². The minimum absolute atomic E-state index is 0.280. The summed E-state index contributed by atoms with van der Waals surface area (Å²) in [7, 11) is 0. The molecule has 1 heterocycles. The van der Waals surface area contributed by atoms with Crippen molar-refractivity contribution in [2.24, 2.45) is 0 Å². The average molecular weight is 321 g/mol. The van der Waals surface area contributed by atoms with Gasteiger partial charge >= 0.3 is 0 Å². The molecule has 2 rings (SSSR count). The van der Waals surface area contributed by atoms with Gasteiger partial charge in [0, 0.05) is 30.4 Å². The number of amides is 1. The predicted molar refractivity (Wildman–Crippen MR) is 91.3 cm³/mol. The number of hydrogen-bond donors (Lipinski definition) is 0. The van der Waals surface area contributed by atoms with E-state index in [1.165, 1.54) is 25.7 Å². The molecule has 0 bridgehead atoms. The largest absolute Gasteiger partial charge is 0.340 e. The van der Waals surface area contributed by atoms with Crippen molar-refractivity contribution in [1.82, 2.24) is 14.9 Å². The highest BCUT2D eigenvalue weighted by molar-refractivity contribution is 7.98. The zero-order valence-corrected chi connectivity index (χ0v) is 15.0. The second kappa shape index (κ2) is 7.95. The Kier molecular flexibility index (Phi) is 6.24. The van der Waals surface area contributed by atoms with Gasteiger partial charge in [0.2, 0.25) is 5.91 Å². The molecule has 5 heteroatoms. The van der Waals surface area contributed by atoms with E-state index in [4.69, 9.17) is 0 Å². The zero-order valence-electron chi connectivity index (χ0n) is 14.2.